The molecule has 4 N–H and O–H groups in total. The van der Waals surface area contributed by atoms with E-state index in [2.05, 4.69) is 0 Å². The zero-order valence-electron chi connectivity index (χ0n) is 20.5. The first-order valence-electron chi connectivity index (χ1n) is 11.2. The molecule has 0 spiro atoms. The third kappa shape index (κ3) is 4.40. The van der Waals surface area contributed by atoms with Gasteiger partial charge in [0.25, 0.3) is 0 Å². The Balaban J connectivity index is 2.48. The number of esters is 1. The molecule has 2 aromatic rings. The van der Waals surface area contributed by atoms with Crippen molar-refractivity contribution in [3.05, 3.63) is 76.6 Å². The Hall–Kier alpha value is -4.53. The van der Waals surface area contributed by atoms with Crippen LogP contribution in [0, 0.1) is 22.7 Å². The first-order chi connectivity index (χ1) is 17.7. The van der Waals surface area contributed by atoms with E-state index in [0.29, 0.717) is 0 Å². The molecule has 0 fully saturated rings. The van der Waals surface area contributed by atoms with Crippen LogP contribution in [0.15, 0.2) is 59.9 Å². The average Bonchev–Trinajstić information content (AvgIpc) is 2.87. The van der Waals surface area contributed by atoms with E-state index in [1.807, 2.05) is 6.07 Å². The van der Waals surface area contributed by atoms with E-state index in [-0.39, 0.29) is 16.8 Å². The highest BCUT2D eigenvalue weighted by molar-refractivity contribution is 5.96. The summed E-state index contributed by atoms with van der Waals surface area (Å²) >= 11 is 0. The second-order valence-electron chi connectivity index (χ2n) is 8.85. The van der Waals surface area contributed by atoms with Gasteiger partial charge in [0.15, 0.2) is 0 Å². The molecule has 0 amide bonds. The molecule has 38 heavy (non-hydrogen) atoms. The van der Waals surface area contributed by atoms with Gasteiger partial charge in [-0.2, -0.15) is 18.4 Å². The molecular weight excluding hydrogens is 507 g/mol. The average molecular weight is 531 g/mol. The fraction of sp³-hybridized carbons (Fsp3) is 0.308. The van der Waals surface area contributed by atoms with Crippen LogP contribution in [0.1, 0.15) is 36.5 Å². The number of halogens is 3. The summed E-state index contributed by atoms with van der Waals surface area (Å²) in [6.45, 7) is 2.59. The van der Waals surface area contributed by atoms with Gasteiger partial charge < -0.3 is 25.6 Å². The lowest BCUT2D eigenvalue weighted by molar-refractivity contribution is -0.167. The first kappa shape index (κ1) is 28.0. The highest BCUT2D eigenvalue weighted by Gasteiger charge is 2.64. The number of nitrogens with two attached hydrogens (primary N) is 1. The molecule has 0 radical (unpaired) electrons. The summed E-state index contributed by atoms with van der Waals surface area (Å²) in [6, 6.07) is 9.80. The van der Waals surface area contributed by atoms with Crippen LogP contribution in [0.3, 0.4) is 0 Å². The second-order valence-corrected chi connectivity index (χ2v) is 8.85. The lowest BCUT2D eigenvalue weighted by atomic mass is 9.56. The molecule has 1 heterocycles. The van der Waals surface area contributed by atoms with Crippen LogP contribution in [-0.2, 0) is 25.3 Å². The van der Waals surface area contributed by atoms with Crippen molar-refractivity contribution in [2.45, 2.75) is 32.0 Å². The van der Waals surface area contributed by atoms with Crippen molar-refractivity contribution in [1.29, 1.82) is 5.26 Å². The Bertz CT molecular complexity index is 1350. The van der Waals surface area contributed by atoms with E-state index in [0.717, 1.165) is 30.2 Å². The molecule has 0 aliphatic carbocycles. The van der Waals surface area contributed by atoms with Gasteiger partial charge in [-0.05, 0) is 42.8 Å². The van der Waals surface area contributed by atoms with Crippen molar-refractivity contribution in [3.63, 3.8) is 0 Å². The summed E-state index contributed by atoms with van der Waals surface area (Å²) in [5, 5.41) is 30.2. The summed E-state index contributed by atoms with van der Waals surface area (Å²) in [7, 11) is 1.03. The number of carbonyl (C=O) groups excluding carboxylic acids is 1. The van der Waals surface area contributed by atoms with Gasteiger partial charge in [0.1, 0.15) is 11.2 Å². The Morgan fingerprint density at radius 3 is 2.24 bits per heavy atom. The fourth-order valence-corrected chi connectivity index (χ4v) is 5.27. The predicted octanol–water partition coefficient (Wildman–Crippen LogP) is 3.70. The largest absolute Gasteiger partial charge is 0.481 e. The van der Waals surface area contributed by atoms with E-state index in [1.54, 1.807) is 0 Å². The quantitative estimate of drug-likeness (QED) is 0.473. The van der Waals surface area contributed by atoms with E-state index >= 15 is 0 Å². The monoisotopic (exact) mass is 531 g/mol. The molecule has 12 heteroatoms. The number of hydrogen-bond donors (Lipinski definition) is 3. The maximum absolute atomic E-state index is 13.5. The van der Waals surface area contributed by atoms with Gasteiger partial charge in [-0.25, -0.2) is 4.79 Å². The van der Waals surface area contributed by atoms with E-state index in [1.165, 1.54) is 44.2 Å². The Morgan fingerprint density at radius 1 is 1.16 bits per heavy atom. The molecule has 1 aliphatic rings. The van der Waals surface area contributed by atoms with Gasteiger partial charge in [0.2, 0.25) is 0 Å². The normalized spacial score (nSPS) is 22.4. The molecule has 3 unspecified atom stereocenters. The minimum absolute atomic E-state index is 0.123. The van der Waals surface area contributed by atoms with Crippen LogP contribution in [0.5, 0.6) is 0 Å². The second kappa shape index (κ2) is 10.1. The molecule has 200 valence electrons. The summed E-state index contributed by atoms with van der Waals surface area (Å²) in [4.78, 5) is 39.7. The number of benzene rings is 2. The molecule has 9 nitrogen and oxygen atoms in total. The van der Waals surface area contributed by atoms with E-state index in [9.17, 15) is 43.0 Å². The molecule has 2 aromatic carbocycles. The lowest BCUT2D eigenvalue weighted by Crippen LogP contribution is -2.63. The zero-order valence-corrected chi connectivity index (χ0v) is 20.5. The van der Waals surface area contributed by atoms with Crippen LogP contribution < -0.4 is 10.6 Å². The molecule has 0 bridgehead atoms. The van der Waals surface area contributed by atoms with Crippen LogP contribution >= 0.6 is 0 Å². The summed E-state index contributed by atoms with van der Waals surface area (Å²) in [6.07, 6.45) is -4.75. The Labute approximate surface area is 215 Å². The topological polar surface area (TPSA) is 154 Å². The number of carboxylic acid groups (broad SMARTS) is 2. The Morgan fingerprint density at radius 2 is 1.76 bits per heavy atom. The van der Waals surface area contributed by atoms with E-state index < -0.39 is 64.3 Å². The van der Waals surface area contributed by atoms with Crippen molar-refractivity contribution in [1.82, 2.24) is 0 Å². The number of aliphatic carboxylic acids is 2. The predicted molar refractivity (Wildman–Crippen MR) is 127 cm³/mol. The number of nitriles is 1. The Kier molecular flexibility index (Phi) is 7.44. The van der Waals surface area contributed by atoms with Crippen molar-refractivity contribution in [3.8, 4) is 6.07 Å². The number of hydrogen-bond acceptors (Lipinski definition) is 7. The van der Waals surface area contributed by atoms with Crippen molar-refractivity contribution in [2.24, 2.45) is 17.1 Å². The third-order valence-corrected chi connectivity index (χ3v) is 7.08. The highest BCUT2D eigenvalue weighted by Crippen LogP contribution is 2.56. The number of rotatable bonds is 6. The molecule has 4 atom stereocenters. The number of carbonyl (C=O) groups is 3. The molecule has 0 aromatic heterocycles. The van der Waals surface area contributed by atoms with Gasteiger partial charge in [0, 0.05) is 11.6 Å². The number of carboxylic acids is 2. The maximum Gasteiger partial charge on any atom is 0.416 e. The summed E-state index contributed by atoms with van der Waals surface area (Å²) in [5.41, 5.74) is 2.41. The highest BCUT2D eigenvalue weighted by atomic mass is 19.4. The fourth-order valence-electron chi connectivity index (χ4n) is 5.27. The molecular formula is C26H24F3N3O6. The zero-order chi connectivity index (χ0) is 28.6. The standard InChI is InChI=1S/C26H24F3N3O6/c1-13(23(35)38-3)25(24(36)37)14(2)32(18-6-4-5-17(11-18)26(27,28)29)21(31)19(22(33)34)20(25)16-9-7-15(12-30)8-10-16/h4-11,13-14,20H,31H2,1-3H3,(H,33,34)(H,36,37)/t13-,14?,20?,25?/m0/s1. The smallest absolute Gasteiger partial charge is 0.416 e. The molecule has 1 aliphatic heterocycles. The maximum atomic E-state index is 13.5. The number of ether oxygens (including phenoxy) is 1. The summed E-state index contributed by atoms with van der Waals surface area (Å²) in [5.74, 6) is -7.77. The molecule has 0 saturated heterocycles. The number of nitrogens with zero attached hydrogens (tertiary/aromatic N) is 2. The van der Waals surface area contributed by atoms with Crippen LogP contribution in [-0.4, -0.2) is 41.3 Å². The van der Waals surface area contributed by atoms with Gasteiger partial charge in [-0.3, -0.25) is 9.59 Å². The molecule has 3 rings (SSSR count). The van der Waals surface area contributed by atoms with Gasteiger partial charge in [-0.15, -0.1) is 0 Å². The van der Waals surface area contributed by atoms with Gasteiger partial charge in [0.05, 0.1) is 41.8 Å². The van der Waals surface area contributed by atoms with E-state index in [4.69, 9.17) is 10.5 Å². The van der Waals surface area contributed by atoms with Crippen LogP contribution in [0.2, 0.25) is 0 Å². The number of methoxy groups -OCH3 is 1. The van der Waals surface area contributed by atoms with Gasteiger partial charge in [-0.1, -0.05) is 25.1 Å². The SMILES string of the molecule is COC(=O)[C@H](C)C1(C(=O)O)C(c2ccc(C#N)cc2)C(C(=O)O)=C(N)N(c2cccc(C(F)(F)F)c2)C1C. The lowest BCUT2D eigenvalue weighted by Gasteiger charge is -2.53. The first-order valence-corrected chi connectivity index (χ1v) is 11.2. The van der Waals surface area contributed by atoms with Crippen molar-refractivity contribution < 1.29 is 42.5 Å². The minimum atomic E-state index is -4.75. The third-order valence-electron chi connectivity index (χ3n) is 7.08. The van der Waals surface area contributed by atoms with Crippen molar-refractivity contribution >= 4 is 23.6 Å². The van der Waals surface area contributed by atoms with Crippen molar-refractivity contribution in [2.75, 3.05) is 12.0 Å². The number of anilines is 1. The minimum Gasteiger partial charge on any atom is -0.481 e. The number of alkyl halides is 3. The summed E-state index contributed by atoms with van der Waals surface area (Å²) < 4.78 is 45.3. The van der Waals surface area contributed by atoms with Crippen LogP contribution in [0.25, 0.3) is 0 Å². The molecule has 0 saturated carbocycles. The van der Waals surface area contributed by atoms with Gasteiger partial charge >= 0.3 is 24.1 Å². The van der Waals surface area contributed by atoms with Crippen LogP contribution in [0.4, 0.5) is 18.9 Å².